The molecule has 2 nitrogen and oxygen atoms in total. The number of aliphatic imine (C=N–C) groups is 1. The van der Waals surface area contributed by atoms with Crippen LogP contribution in [0.1, 0.15) is 20.8 Å². The first kappa shape index (κ1) is 8.21. The second kappa shape index (κ2) is 3.28. The zero-order chi connectivity index (χ0) is 7.44. The normalized spacial score (nSPS) is 12.2. The lowest BCUT2D eigenvalue weighted by molar-refractivity contribution is 0.834. The average Bonchev–Trinajstić information content (AvgIpc) is 1.63. The van der Waals surface area contributed by atoms with E-state index < -0.39 is 0 Å². The maximum absolute atomic E-state index is 5.47. The molecule has 0 rings (SSSR count). The van der Waals surface area contributed by atoms with Gasteiger partial charge in [-0.2, -0.15) is 0 Å². The molecule has 0 spiro atoms. The molecular formula is C7H14N2. The SMILES string of the molecule is C=C(C)C(N)=NC(C)C. The summed E-state index contributed by atoms with van der Waals surface area (Å²) in [5.41, 5.74) is 6.30. The van der Waals surface area contributed by atoms with Crippen LogP contribution in [0.2, 0.25) is 0 Å². The molecule has 0 atom stereocenters. The van der Waals surface area contributed by atoms with Crippen molar-refractivity contribution in [1.82, 2.24) is 0 Å². The number of amidine groups is 1. The minimum Gasteiger partial charge on any atom is -0.384 e. The monoisotopic (exact) mass is 126 g/mol. The molecule has 0 amide bonds. The fourth-order valence-electron chi connectivity index (χ4n) is 0.388. The van der Waals surface area contributed by atoms with Gasteiger partial charge in [0, 0.05) is 6.04 Å². The topological polar surface area (TPSA) is 38.4 Å². The van der Waals surface area contributed by atoms with E-state index in [1.54, 1.807) is 0 Å². The van der Waals surface area contributed by atoms with E-state index in [4.69, 9.17) is 5.73 Å². The predicted molar refractivity (Wildman–Crippen MR) is 41.6 cm³/mol. The Hall–Kier alpha value is -0.790. The van der Waals surface area contributed by atoms with Crippen LogP contribution in [0.15, 0.2) is 17.1 Å². The number of hydrogen-bond donors (Lipinski definition) is 1. The van der Waals surface area contributed by atoms with Crippen molar-refractivity contribution >= 4 is 5.84 Å². The van der Waals surface area contributed by atoms with Crippen LogP contribution >= 0.6 is 0 Å². The molecule has 0 aromatic rings. The third-order valence-corrected chi connectivity index (χ3v) is 0.835. The molecule has 0 aliphatic rings. The van der Waals surface area contributed by atoms with E-state index in [0.29, 0.717) is 5.84 Å². The van der Waals surface area contributed by atoms with Gasteiger partial charge in [-0.1, -0.05) is 6.58 Å². The van der Waals surface area contributed by atoms with E-state index in [-0.39, 0.29) is 6.04 Å². The van der Waals surface area contributed by atoms with Crippen molar-refractivity contribution < 1.29 is 0 Å². The van der Waals surface area contributed by atoms with Crippen LogP contribution in [-0.2, 0) is 0 Å². The molecule has 0 unspecified atom stereocenters. The Kier molecular flexibility index (Phi) is 2.99. The molecule has 0 radical (unpaired) electrons. The summed E-state index contributed by atoms with van der Waals surface area (Å²) in [4.78, 5) is 4.07. The molecule has 0 saturated carbocycles. The Morgan fingerprint density at radius 3 is 2.11 bits per heavy atom. The fourth-order valence-corrected chi connectivity index (χ4v) is 0.388. The molecule has 52 valence electrons. The van der Waals surface area contributed by atoms with E-state index in [2.05, 4.69) is 11.6 Å². The van der Waals surface area contributed by atoms with Gasteiger partial charge in [0.15, 0.2) is 0 Å². The van der Waals surface area contributed by atoms with Crippen molar-refractivity contribution in [2.45, 2.75) is 26.8 Å². The molecule has 9 heavy (non-hydrogen) atoms. The Labute approximate surface area is 56.5 Å². The van der Waals surface area contributed by atoms with Crippen molar-refractivity contribution in [2.24, 2.45) is 10.7 Å². The number of nitrogens with two attached hydrogens (primary N) is 1. The largest absolute Gasteiger partial charge is 0.384 e. The molecule has 0 saturated heterocycles. The van der Waals surface area contributed by atoms with E-state index in [9.17, 15) is 0 Å². The summed E-state index contributed by atoms with van der Waals surface area (Å²) in [5, 5.41) is 0. The average molecular weight is 126 g/mol. The maximum Gasteiger partial charge on any atom is 0.120 e. The van der Waals surface area contributed by atoms with Crippen LogP contribution < -0.4 is 5.73 Å². The number of rotatable bonds is 2. The van der Waals surface area contributed by atoms with Gasteiger partial charge in [-0.15, -0.1) is 0 Å². The van der Waals surface area contributed by atoms with Crippen molar-refractivity contribution in [1.29, 1.82) is 0 Å². The Morgan fingerprint density at radius 1 is 1.56 bits per heavy atom. The molecule has 0 aliphatic carbocycles. The molecule has 0 heterocycles. The highest BCUT2D eigenvalue weighted by Gasteiger charge is 1.92. The van der Waals surface area contributed by atoms with Gasteiger partial charge in [0.1, 0.15) is 5.84 Å². The second-order valence-corrected chi connectivity index (χ2v) is 2.39. The van der Waals surface area contributed by atoms with Crippen molar-refractivity contribution in [3.05, 3.63) is 12.2 Å². The third-order valence-electron chi connectivity index (χ3n) is 0.835. The van der Waals surface area contributed by atoms with Crippen LogP contribution in [-0.4, -0.2) is 11.9 Å². The summed E-state index contributed by atoms with van der Waals surface area (Å²) in [6, 6.07) is 0.265. The summed E-state index contributed by atoms with van der Waals surface area (Å²) in [6.45, 7) is 9.46. The highest BCUT2D eigenvalue weighted by atomic mass is 14.9. The Morgan fingerprint density at radius 2 is 2.00 bits per heavy atom. The summed E-state index contributed by atoms with van der Waals surface area (Å²) in [6.07, 6.45) is 0. The molecule has 0 aromatic carbocycles. The summed E-state index contributed by atoms with van der Waals surface area (Å²) >= 11 is 0. The minimum absolute atomic E-state index is 0.265. The lowest BCUT2D eigenvalue weighted by atomic mass is 10.3. The predicted octanol–water partition coefficient (Wildman–Crippen LogP) is 1.33. The van der Waals surface area contributed by atoms with Crippen molar-refractivity contribution in [3.8, 4) is 0 Å². The molecule has 0 aliphatic heterocycles. The van der Waals surface area contributed by atoms with Crippen LogP contribution in [0.5, 0.6) is 0 Å². The molecule has 2 heteroatoms. The third kappa shape index (κ3) is 3.76. The summed E-state index contributed by atoms with van der Waals surface area (Å²) in [5.74, 6) is 0.560. The van der Waals surface area contributed by atoms with Crippen LogP contribution in [0.25, 0.3) is 0 Å². The van der Waals surface area contributed by atoms with Crippen LogP contribution in [0, 0.1) is 0 Å². The van der Waals surface area contributed by atoms with Gasteiger partial charge in [-0.3, -0.25) is 4.99 Å². The van der Waals surface area contributed by atoms with Gasteiger partial charge in [0.25, 0.3) is 0 Å². The molecule has 0 fully saturated rings. The minimum atomic E-state index is 0.265. The standard InChI is InChI=1S/C7H14N2/c1-5(2)7(8)9-6(3)4/h6H,1H2,2-4H3,(H2,8,9). The first-order chi connectivity index (χ1) is 4.04. The van der Waals surface area contributed by atoms with Crippen LogP contribution in [0.3, 0.4) is 0 Å². The quantitative estimate of drug-likeness (QED) is 0.440. The van der Waals surface area contributed by atoms with Crippen molar-refractivity contribution in [3.63, 3.8) is 0 Å². The van der Waals surface area contributed by atoms with E-state index in [1.807, 2.05) is 20.8 Å². The summed E-state index contributed by atoms with van der Waals surface area (Å²) < 4.78 is 0. The highest BCUT2D eigenvalue weighted by molar-refractivity contribution is 5.95. The summed E-state index contributed by atoms with van der Waals surface area (Å²) in [7, 11) is 0. The first-order valence-corrected chi connectivity index (χ1v) is 3.03. The maximum atomic E-state index is 5.47. The van der Waals surface area contributed by atoms with Gasteiger partial charge in [0.05, 0.1) is 0 Å². The molecular weight excluding hydrogens is 112 g/mol. The van der Waals surface area contributed by atoms with Gasteiger partial charge in [-0.05, 0) is 26.3 Å². The van der Waals surface area contributed by atoms with Gasteiger partial charge in [-0.25, -0.2) is 0 Å². The Bertz CT molecular complexity index is 134. The van der Waals surface area contributed by atoms with Crippen LogP contribution in [0.4, 0.5) is 0 Å². The van der Waals surface area contributed by atoms with E-state index in [1.165, 1.54) is 0 Å². The smallest absolute Gasteiger partial charge is 0.120 e. The lowest BCUT2D eigenvalue weighted by Crippen LogP contribution is -2.14. The zero-order valence-corrected chi connectivity index (χ0v) is 6.31. The molecule has 0 aromatic heterocycles. The van der Waals surface area contributed by atoms with Gasteiger partial charge in [0.2, 0.25) is 0 Å². The highest BCUT2D eigenvalue weighted by Crippen LogP contribution is 1.91. The number of hydrogen-bond acceptors (Lipinski definition) is 1. The number of nitrogens with zero attached hydrogens (tertiary/aromatic N) is 1. The van der Waals surface area contributed by atoms with Gasteiger partial charge < -0.3 is 5.73 Å². The van der Waals surface area contributed by atoms with Crippen molar-refractivity contribution in [2.75, 3.05) is 0 Å². The van der Waals surface area contributed by atoms with E-state index in [0.717, 1.165) is 5.57 Å². The first-order valence-electron chi connectivity index (χ1n) is 3.03. The molecule has 2 N–H and O–H groups in total. The van der Waals surface area contributed by atoms with Gasteiger partial charge >= 0.3 is 0 Å². The van der Waals surface area contributed by atoms with E-state index >= 15 is 0 Å². The lowest BCUT2D eigenvalue weighted by Gasteiger charge is -1.99. The fraction of sp³-hybridized carbons (Fsp3) is 0.571. The second-order valence-electron chi connectivity index (χ2n) is 2.39. The molecule has 0 bridgehead atoms. The Balaban J connectivity index is 4.00. The zero-order valence-electron chi connectivity index (χ0n) is 6.31.